The van der Waals surface area contributed by atoms with Gasteiger partial charge in [0.15, 0.2) is 5.69 Å². The van der Waals surface area contributed by atoms with Crippen molar-refractivity contribution in [3.63, 3.8) is 0 Å². The van der Waals surface area contributed by atoms with Gasteiger partial charge in [-0.05, 0) is 33.8 Å². The fourth-order valence-corrected chi connectivity index (χ4v) is 2.45. The second-order valence-electron chi connectivity index (χ2n) is 6.11. The number of hydrogen-bond acceptors (Lipinski definition) is 4. The normalized spacial score (nSPS) is 12.2. The summed E-state index contributed by atoms with van der Waals surface area (Å²) in [6.45, 7) is 7.91. The van der Waals surface area contributed by atoms with Crippen LogP contribution in [0.5, 0.6) is 0 Å². The Hall–Kier alpha value is -2.50. The molecule has 0 fully saturated rings. The zero-order chi connectivity index (χ0) is 15.4. The van der Waals surface area contributed by atoms with Crippen LogP contribution in [0, 0.1) is 6.92 Å². The molecule has 2 heterocycles. The molecule has 0 atom stereocenters. The van der Waals surface area contributed by atoms with Crippen molar-refractivity contribution < 1.29 is 4.79 Å². The van der Waals surface area contributed by atoms with Gasteiger partial charge in [0.05, 0.1) is 16.6 Å². The van der Waals surface area contributed by atoms with E-state index in [9.17, 15) is 4.79 Å². The number of amides is 1. The van der Waals surface area contributed by atoms with Crippen LogP contribution < -0.4 is 5.73 Å². The molecule has 0 aliphatic rings. The molecule has 2 N–H and O–H groups in total. The van der Waals surface area contributed by atoms with E-state index in [1.165, 1.54) is 0 Å². The molecule has 0 aliphatic heterocycles. The summed E-state index contributed by atoms with van der Waals surface area (Å²) in [6.07, 6.45) is 1.78. The number of fused-ring (bicyclic) bond motifs is 3. The molecule has 2 aromatic heterocycles. The summed E-state index contributed by atoms with van der Waals surface area (Å²) in [5.74, 6) is 0.144. The van der Waals surface area contributed by atoms with Gasteiger partial charge in [0.2, 0.25) is 0 Å². The van der Waals surface area contributed by atoms with Crippen LogP contribution in [-0.4, -0.2) is 25.7 Å². The molecule has 0 spiro atoms. The largest absolute Gasteiger partial charge is 0.364 e. The Morgan fingerprint density at radius 3 is 2.62 bits per heavy atom. The molecular weight excluding hydrogens is 266 g/mol. The Morgan fingerprint density at radius 1 is 1.29 bits per heavy atom. The van der Waals surface area contributed by atoms with E-state index < -0.39 is 5.91 Å². The van der Waals surface area contributed by atoms with Crippen LogP contribution >= 0.6 is 0 Å². The maximum absolute atomic E-state index is 11.7. The molecule has 6 nitrogen and oxygen atoms in total. The number of aromatic nitrogens is 4. The Bertz CT molecular complexity index is 873. The fourth-order valence-electron chi connectivity index (χ4n) is 2.45. The van der Waals surface area contributed by atoms with Crippen molar-refractivity contribution in [3.8, 4) is 0 Å². The highest BCUT2D eigenvalue weighted by Gasteiger charge is 2.24. The zero-order valence-electron chi connectivity index (χ0n) is 12.5. The van der Waals surface area contributed by atoms with Crippen LogP contribution in [0.4, 0.5) is 0 Å². The standard InChI is InChI=1S/C15H17N5O/c1-8-17-7-9-5-6-10-12(14(16)21)19-20(15(2,3)4)13(10)11(9)18-8/h5-7H,1-4H3,(H2,16,21). The first kappa shape index (κ1) is 13.5. The summed E-state index contributed by atoms with van der Waals surface area (Å²) in [4.78, 5) is 20.4. The smallest absolute Gasteiger partial charge is 0.269 e. The predicted molar refractivity (Wildman–Crippen MR) is 81.1 cm³/mol. The molecule has 0 aliphatic carbocycles. The van der Waals surface area contributed by atoms with Gasteiger partial charge in [0, 0.05) is 17.0 Å². The summed E-state index contributed by atoms with van der Waals surface area (Å²) in [5.41, 5.74) is 7.05. The van der Waals surface area contributed by atoms with E-state index in [0.717, 1.165) is 21.8 Å². The minimum atomic E-state index is -0.534. The van der Waals surface area contributed by atoms with Gasteiger partial charge in [-0.2, -0.15) is 5.10 Å². The number of hydrogen-bond donors (Lipinski definition) is 1. The highest BCUT2D eigenvalue weighted by molar-refractivity contribution is 6.11. The number of rotatable bonds is 1. The summed E-state index contributed by atoms with van der Waals surface area (Å²) in [5, 5.41) is 6.06. The third-order valence-corrected chi connectivity index (χ3v) is 3.38. The lowest BCUT2D eigenvalue weighted by Gasteiger charge is -2.20. The topological polar surface area (TPSA) is 86.7 Å². The molecule has 1 amide bonds. The molecule has 0 saturated heterocycles. The van der Waals surface area contributed by atoms with E-state index in [1.807, 2.05) is 44.5 Å². The van der Waals surface area contributed by atoms with Gasteiger partial charge in [-0.15, -0.1) is 0 Å². The molecule has 1 aromatic carbocycles. The van der Waals surface area contributed by atoms with Gasteiger partial charge in [0.1, 0.15) is 5.82 Å². The lowest BCUT2D eigenvalue weighted by molar-refractivity contribution is 0.0995. The van der Waals surface area contributed by atoms with E-state index in [0.29, 0.717) is 5.82 Å². The number of aryl methyl sites for hydroxylation is 1. The second kappa shape index (κ2) is 4.25. The van der Waals surface area contributed by atoms with Gasteiger partial charge >= 0.3 is 0 Å². The quantitative estimate of drug-likeness (QED) is 0.741. The summed E-state index contributed by atoms with van der Waals surface area (Å²) in [7, 11) is 0. The van der Waals surface area contributed by atoms with Gasteiger partial charge in [-0.25, -0.2) is 9.97 Å². The van der Waals surface area contributed by atoms with Crippen molar-refractivity contribution >= 4 is 27.7 Å². The monoisotopic (exact) mass is 283 g/mol. The molecule has 3 aromatic rings. The maximum Gasteiger partial charge on any atom is 0.269 e. The molecule has 108 valence electrons. The molecular formula is C15H17N5O. The van der Waals surface area contributed by atoms with Gasteiger partial charge < -0.3 is 5.73 Å². The molecule has 0 saturated carbocycles. The third kappa shape index (κ3) is 2.03. The third-order valence-electron chi connectivity index (χ3n) is 3.38. The molecule has 0 radical (unpaired) electrons. The van der Waals surface area contributed by atoms with Crippen molar-refractivity contribution in [1.82, 2.24) is 19.7 Å². The Labute approximate surface area is 122 Å². The van der Waals surface area contributed by atoms with E-state index in [2.05, 4.69) is 15.1 Å². The second-order valence-corrected chi connectivity index (χ2v) is 6.11. The Balaban J connectivity index is 2.56. The predicted octanol–water partition coefficient (Wildman–Crippen LogP) is 2.14. The van der Waals surface area contributed by atoms with Crippen LogP contribution in [0.1, 0.15) is 37.1 Å². The van der Waals surface area contributed by atoms with E-state index in [1.54, 1.807) is 6.20 Å². The average Bonchev–Trinajstić information content (AvgIpc) is 2.78. The average molecular weight is 283 g/mol. The first-order valence-electron chi connectivity index (χ1n) is 6.74. The van der Waals surface area contributed by atoms with Crippen molar-refractivity contribution in [1.29, 1.82) is 0 Å². The molecule has 0 unspecified atom stereocenters. The Kier molecular flexibility index (Phi) is 2.73. The lowest BCUT2D eigenvalue weighted by Crippen LogP contribution is -2.24. The summed E-state index contributed by atoms with van der Waals surface area (Å²) < 4.78 is 1.82. The number of nitrogens with zero attached hydrogens (tertiary/aromatic N) is 4. The van der Waals surface area contributed by atoms with Gasteiger partial charge in [-0.1, -0.05) is 6.07 Å². The van der Waals surface area contributed by atoms with Crippen LogP contribution in [0.3, 0.4) is 0 Å². The summed E-state index contributed by atoms with van der Waals surface area (Å²) >= 11 is 0. The zero-order valence-corrected chi connectivity index (χ0v) is 12.5. The number of carbonyl (C=O) groups is 1. The van der Waals surface area contributed by atoms with Crippen LogP contribution in [0.2, 0.25) is 0 Å². The first-order chi connectivity index (χ1) is 9.79. The van der Waals surface area contributed by atoms with E-state index in [-0.39, 0.29) is 11.2 Å². The molecule has 3 rings (SSSR count). The van der Waals surface area contributed by atoms with Crippen molar-refractivity contribution in [3.05, 3.63) is 29.8 Å². The molecule has 21 heavy (non-hydrogen) atoms. The minimum Gasteiger partial charge on any atom is -0.364 e. The van der Waals surface area contributed by atoms with Crippen molar-refractivity contribution in [2.24, 2.45) is 5.73 Å². The fraction of sp³-hybridized carbons (Fsp3) is 0.333. The highest BCUT2D eigenvalue weighted by atomic mass is 16.1. The van der Waals surface area contributed by atoms with Crippen LogP contribution in [0.15, 0.2) is 18.3 Å². The van der Waals surface area contributed by atoms with Crippen molar-refractivity contribution in [2.75, 3.05) is 0 Å². The lowest BCUT2D eigenvalue weighted by atomic mass is 10.1. The van der Waals surface area contributed by atoms with E-state index in [4.69, 9.17) is 5.73 Å². The van der Waals surface area contributed by atoms with Crippen LogP contribution in [-0.2, 0) is 5.54 Å². The Morgan fingerprint density at radius 2 is 2.00 bits per heavy atom. The van der Waals surface area contributed by atoms with Gasteiger partial charge in [-0.3, -0.25) is 9.48 Å². The summed E-state index contributed by atoms with van der Waals surface area (Å²) in [6, 6.07) is 3.74. The molecule has 0 bridgehead atoms. The number of primary amides is 1. The van der Waals surface area contributed by atoms with Crippen molar-refractivity contribution in [2.45, 2.75) is 33.2 Å². The highest BCUT2D eigenvalue weighted by Crippen LogP contribution is 2.30. The maximum atomic E-state index is 11.7. The molecule has 6 heteroatoms. The first-order valence-corrected chi connectivity index (χ1v) is 6.74. The number of carbonyl (C=O) groups excluding carboxylic acids is 1. The SMILES string of the molecule is Cc1ncc2ccc3c(C(N)=O)nn(C(C)(C)C)c3c2n1. The number of benzene rings is 1. The minimum absolute atomic E-state index is 0.276. The van der Waals surface area contributed by atoms with Gasteiger partial charge in [0.25, 0.3) is 5.91 Å². The number of nitrogens with two attached hydrogens (primary N) is 1. The van der Waals surface area contributed by atoms with Crippen LogP contribution in [0.25, 0.3) is 21.8 Å². The van der Waals surface area contributed by atoms with E-state index >= 15 is 0 Å².